The second-order valence-electron chi connectivity index (χ2n) is 5.61. The highest BCUT2D eigenvalue weighted by Gasteiger charge is 2.12. The minimum Gasteiger partial charge on any atom is -0.494 e. The third-order valence-electron chi connectivity index (χ3n) is 3.64. The molecule has 0 bridgehead atoms. The van der Waals surface area contributed by atoms with Gasteiger partial charge in [0, 0.05) is 5.69 Å². The Kier molecular flexibility index (Phi) is 6.26. The Balaban J connectivity index is 1.72. The number of rotatable bonds is 8. The predicted molar refractivity (Wildman–Crippen MR) is 107 cm³/mol. The fraction of sp³-hybridized carbons (Fsp3) is 0.190. The molecule has 1 heterocycles. The summed E-state index contributed by atoms with van der Waals surface area (Å²) < 4.78 is 16.4. The quantitative estimate of drug-likeness (QED) is 0.566. The third kappa shape index (κ3) is 4.89. The third-order valence-corrected chi connectivity index (χ3v) is 3.64. The van der Waals surface area contributed by atoms with Gasteiger partial charge in [-0.25, -0.2) is 0 Å². The maximum atomic E-state index is 9.30. The van der Waals surface area contributed by atoms with Crippen LogP contribution in [-0.4, -0.2) is 24.4 Å². The molecule has 0 saturated carbocycles. The molecule has 3 aromatic rings. The molecule has 28 heavy (non-hydrogen) atoms. The van der Waals surface area contributed by atoms with Gasteiger partial charge in [-0.1, -0.05) is 0 Å². The monoisotopic (exact) mass is 376 g/mol. The van der Waals surface area contributed by atoms with E-state index in [0.717, 1.165) is 22.9 Å². The number of anilines is 2. The van der Waals surface area contributed by atoms with Crippen LogP contribution in [-0.2, 0) is 0 Å². The second kappa shape index (κ2) is 9.24. The SMILES string of the molecule is CCOc1ccc(N=Cc2nc(C#N)c(Nc3ccc(OCC)cc3)o2)cc1. The van der Waals surface area contributed by atoms with Crippen LogP contribution in [0.3, 0.4) is 0 Å². The van der Waals surface area contributed by atoms with Crippen molar-refractivity contribution in [1.29, 1.82) is 5.26 Å². The molecule has 1 N–H and O–H groups in total. The Morgan fingerprint density at radius 1 is 1.04 bits per heavy atom. The molecule has 0 fully saturated rings. The number of nitriles is 1. The zero-order valence-electron chi connectivity index (χ0n) is 15.7. The second-order valence-corrected chi connectivity index (χ2v) is 5.61. The highest BCUT2D eigenvalue weighted by Crippen LogP contribution is 2.24. The van der Waals surface area contributed by atoms with E-state index < -0.39 is 0 Å². The Hall–Kier alpha value is -3.79. The van der Waals surface area contributed by atoms with Gasteiger partial charge in [-0.2, -0.15) is 10.2 Å². The lowest BCUT2D eigenvalue weighted by Gasteiger charge is -2.05. The van der Waals surface area contributed by atoms with E-state index in [1.165, 1.54) is 6.21 Å². The molecule has 0 saturated heterocycles. The van der Waals surface area contributed by atoms with Gasteiger partial charge >= 0.3 is 0 Å². The van der Waals surface area contributed by atoms with Gasteiger partial charge in [0.05, 0.1) is 25.1 Å². The van der Waals surface area contributed by atoms with E-state index >= 15 is 0 Å². The van der Waals surface area contributed by atoms with Crippen LogP contribution in [0.2, 0.25) is 0 Å². The maximum absolute atomic E-state index is 9.30. The van der Waals surface area contributed by atoms with Crippen LogP contribution >= 0.6 is 0 Å². The van der Waals surface area contributed by atoms with Crippen LogP contribution in [0.4, 0.5) is 17.3 Å². The summed E-state index contributed by atoms with van der Waals surface area (Å²) in [6.45, 7) is 5.07. The van der Waals surface area contributed by atoms with Crippen molar-refractivity contribution in [2.75, 3.05) is 18.5 Å². The van der Waals surface area contributed by atoms with Gasteiger partial charge in [0.15, 0.2) is 0 Å². The number of nitrogens with one attached hydrogen (secondary N) is 1. The van der Waals surface area contributed by atoms with Gasteiger partial charge in [0.2, 0.25) is 17.5 Å². The molecule has 0 unspecified atom stereocenters. The highest BCUT2D eigenvalue weighted by molar-refractivity contribution is 5.78. The highest BCUT2D eigenvalue weighted by atomic mass is 16.5. The van der Waals surface area contributed by atoms with E-state index in [2.05, 4.69) is 15.3 Å². The topological polar surface area (TPSA) is 92.7 Å². The predicted octanol–water partition coefficient (Wildman–Crippen LogP) is 4.84. The number of aliphatic imine (C=N–C) groups is 1. The maximum Gasteiger partial charge on any atom is 0.241 e. The lowest BCUT2D eigenvalue weighted by Crippen LogP contribution is -1.93. The van der Waals surface area contributed by atoms with Crippen molar-refractivity contribution in [1.82, 2.24) is 4.98 Å². The summed E-state index contributed by atoms with van der Waals surface area (Å²) in [4.78, 5) is 8.46. The molecule has 0 aliphatic rings. The number of nitrogens with zero attached hydrogens (tertiary/aromatic N) is 3. The normalized spacial score (nSPS) is 10.6. The summed E-state index contributed by atoms with van der Waals surface area (Å²) in [5.74, 6) is 2.05. The van der Waals surface area contributed by atoms with Crippen LogP contribution in [0.1, 0.15) is 25.4 Å². The van der Waals surface area contributed by atoms with Crippen molar-refractivity contribution >= 4 is 23.5 Å². The van der Waals surface area contributed by atoms with Crippen LogP contribution in [0.25, 0.3) is 0 Å². The summed E-state index contributed by atoms with van der Waals surface area (Å²) in [7, 11) is 0. The molecule has 0 aliphatic heterocycles. The van der Waals surface area contributed by atoms with Crippen molar-refractivity contribution in [3.05, 3.63) is 60.1 Å². The lowest BCUT2D eigenvalue weighted by molar-refractivity contribution is 0.340. The Labute approximate surface area is 163 Å². The van der Waals surface area contributed by atoms with Gasteiger partial charge in [0.25, 0.3) is 0 Å². The van der Waals surface area contributed by atoms with Crippen molar-refractivity contribution in [2.24, 2.45) is 4.99 Å². The lowest BCUT2D eigenvalue weighted by atomic mass is 10.3. The van der Waals surface area contributed by atoms with Gasteiger partial charge in [-0.3, -0.25) is 4.99 Å². The van der Waals surface area contributed by atoms with Gasteiger partial charge in [-0.15, -0.1) is 0 Å². The fourth-order valence-electron chi connectivity index (χ4n) is 2.41. The van der Waals surface area contributed by atoms with Crippen molar-refractivity contribution in [2.45, 2.75) is 13.8 Å². The summed E-state index contributed by atoms with van der Waals surface area (Å²) in [6, 6.07) is 16.7. The summed E-state index contributed by atoms with van der Waals surface area (Å²) >= 11 is 0. The van der Waals surface area contributed by atoms with E-state index in [9.17, 15) is 5.26 Å². The summed E-state index contributed by atoms with van der Waals surface area (Å²) in [5.41, 5.74) is 1.63. The molecule has 3 rings (SSSR count). The summed E-state index contributed by atoms with van der Waals surface area (Å²) in [5, 5.41) is 12.3. The summed E-state index contributed by atoms with van der Waals surface area (Å²) in [6.07, 6.45) is 1.47. The Morgan fingerprint density at radius 2 is 1.64 bits per heavy atom. The molecule has 7 heteroatoms. The van der Waals surface area contributed by atoms with E-state index in [4.69, 9.17) is 13.9 Å². The minimum absolute atomic E-state index is 0.155. The van der Waals surface area contributed by atoms with Crippen LogP contribution in [0.5, 0.6) is 11.5 Å². The molecule has 1 aromatic heterocycles. The Bertz CT molecular complexity index is 970. The number of oxazole rings is 1. The first-order chi connectivity index (χ1) is 13.7. The molecule has 0 aliphatic carbocycles. The van der Waals surface area contributed by atoms with Crippen LogP contribution in [0, 0.1) is 11.3 Å². The fourth-order valence-corrected chi connectivity index (χ4v) is 2.41. The zero-order valence-corrected chi connectivity index (χ0v) is 15.7. The van der Waals surface area contributed by atoms with Crippen LogP contribution in [0.15, 0.2) is 57.9 Å². The van der Waals surface area contributed by atoms with E-state index in [1.54, 1.807) is 0 Å². The average Bonchev–Trinajstić information content (AvgIpc) is 3.11. The van der Waals surface area contributed by atoms with E-state index in [-0.39, 0.29) is 17.5 Å². The van der Waals surface area contributed by atoms with Gasteiger partial charge in [0.1, 0.15) is 17.6 Å². The molecular weight excluding hydrogens is 356 g/mol. The first-order valence-corrected chi connectivity index (χ1v) is 8.89. The molecule has 142 valence electrons. The first-order valence-electron chi connectivity index (χ1n) is 8.89. The Morgan fingerprint density at radius 3 is 2.21 bits per heavy atom. The first kappa shape index (κ1) is 19.0. The number of benzene rings is 2. The largest absolute Gasteiger partial charge is 0.494 e. The molecule has 0 spiro atoms. The molecule has 0 atom stereocenters. The van der Waals surface area contributed by atoms with Crippen molar-refractivity contribution < 1.29 is 13.9 Å². The molecule has 7 nitrogen and oxygen atoms in total. The zero-order chi connectivity index (χ0) is 19.8. The standard InChI is InChI=1S/C21H20N4O3/c1-3-26-17-9-5-15(6-10-17)23-14-20-25-19(13-22)21(28-20)24-16-7-11-18(12-8-16)27-4-2/h5-12,14,24H,3-4H2,1-2H3. The van der Waals surface area contributed by atoms with Crippen molar-refractivity contribution in [3.63, 3.8) is 0 Å². The molecule has 0 amide bonds. The van der Waals surface area contributed by atoms with Gasteiger partial charge in [-0.05, 0) is 62.4 Å². The number of ether oxygens (including phenoxy) is 2. The van der Waals surface area contributed by atoms with Crippen LogP contribution < -0.4 is 14.8 Å². The smallest absolute Gasteiger partial charge is 0.241 e. The van der Waals surface area contributed by atoms with Gasteiger partial charge < -0.3 is 19.2 Å². The molecule has 0 radical (unpaired) electrons. The molecular formula is C21H20N4O3. The minimum atomic E-state index is 0.155. The average molecular weight is 376 g/mol. The van der Waals surface area contributed by atoms with Crippen molar-refractivity contribution in [3.8, 4) is 17.6 Å². The number of hydrogen-bond acceptors (Lipinski definition) is 7. The van der Waals surface area contributed by atoms with E-state index in [1.807, 2.05) is 68.4 Å². The van der Waals surface area contributed by atoms with E-state index in [0.29, 0.717) is 13.2 Å². The number of hydrogen-bond donors (Lipinski definition) is 1. The molecule has 2 aromatic carbocycles. The number of aromatic nitrogens is 1.